The third-order valence-corrected chi connectivity index (χ3v) is 4.22. The van der Waals surface area contributed by atoms with Crippen molar-refractivity contribution >= 4 is 17.8 Å². The van der Waals surface area contributed by atoms with Gasteiger partial charge in [0.2, 0.25) is 0 Å². The molecular weight excluding hydrogens is 320 g/mol. The molecule has 25 heavy (non-hydrogen) atoms. The molecule has 1 aliphatic rings. The number of hydrogen-bond acceptors (Lipinski definition) is 3. The average molecular weight is 346 g/mol. The van der Waals surface area contributed by atoms with Gasteiger partial charge in [-0.15, -0.1) is 0 Å². The summed E-state index contributed by atoms with van der Waals surface area (Å²) in [6, 6.07) is 5.61. The van der Waals surface area contributed by atoms with Gasteiger partial charge in [-0.1, -0.05) is 20.8 Å². The van der Waals surface area contributed by atoms with Crippen molar-refractivity contribution in [3.8, 4) is 0 Å². The Morgan fingerprint density at radius 1 is 1.12 bits per heavy atom. The third kappa shape index (κ3) is 5.05. The first-order valence-corrected chi connectivity index (χ1v) is 8.61. The number of piperidine rings is 1. The van der Waals surface area contributed by atoms with Crippen molar-refractivity contribution in [1.29, 1.82) is 0 Å². The van der Waals surface area contributed by atoms with E-state index in [1.807, 2.05) is 20.8 Å². The summed E-state index contributed by atoms with van der Waals surface area (Å²) in [7, 11) is 0. The molecule has 0 bridgehead atoms. The van der Waals surface area contributed by atoms with Crippen LogP contribution in [0.1, 0.15) is 60.7 Å². The molecule has 1 atom stereocenters. The molecule has 1 aliphatic heterocycles. The molecule has 2 rings (SSSR count). The number of nitrogens with zero attached hydrogens (tertiary/aromatic N) is 1. The van der Waals surface area contributed by atoms with Crippen molar-refractivity contribution in [2.45, 2.75) is 46.1 Å². The number of nitrogens with one attached hydrogen (secondary N) is 1. The second-order valence-corrected chi connectivity index (χ2v) is 7.67. The van der Waals surface area contributed by atoms with Gasteiger partial charge in [-0.25, -0.2) is 4.79 Å². The summed E-state index contributed by atoms with van der Waals surface area (Å²) in [6.07, 6.45) is 2.10. The van der Waals surface area contributed by atoms with Crippen molar-refractivity contribution in [3.05, 3.63) is 35.4 Å². The monoisotopic (exact) mass is 346 g/mol. The number of likely N-dealkylation sites (tertiary alicyclic amines) is 1. The van der Waals surface area contributed by atoms with E-state index in [4.69, 9.17) is 0 Å². The molecule has 136 valence electrons. The van der Waals surface area contributed by atoms with E-state index in [0.29, 0.717) is 30.6 Å². The number of amides is 2. The third-order valence-electron chi connectivity index (χ3n) is 4.22. The van der Waals surface area contributed by atoms with E-state index in [9.17, 15) is 19.5 Å². The van der Waals surface area contributed by atoms with E-state index in [1.165, 1.54) is 4.90 Å². The quantitative estimate of drug-likeness (QED) is 0.877. The van der Waals surface area contributed by atoms with Crippen LogP contribution in [0.4, 0.5) is 0 Å². The maximum Gasteiger partial charge on any atom is 0.326 e. The number of aliphatic carboxylic acids is 1. The van der Waals surface area contributed by atoms with E-state index in [0.717, 1.165) is 12.8 Å². The van der Waals surface area contributed by atoms with E-state index in [2.05, 4.69) is 5.32 Å². The lowest BCUT2D eigenvalue weighted by Gasteiger charge is -2.33. The van der Waals surface area contributed by atoms with Crippen molar-refractivity contribution < 1.29 is 19.5 Å². The minimum absolute atomic E-state index is 0.00826. The summed E-state index contributed by atoms with van der Waals surface area (Å²) >= 11 is 0. The van der Waals surface area contributed by atoms with Crippen LogP contribution >= 0.6 is 0 Å². The Balaban J connectivity index is 2.07. The topological polar surface area (TPSA) is 86.7 Å². The van der Waals surface area contributed by atoms with Crippen molar-refractivity contribution in [3.63, 3.8) is 0 Å². The lowest BCUT2D eigenvalue weighted by atomic mass is 9.97. The zero-order chi connectivity index (χ0) is 18.6. The van der Waals surface area contributed by atoms with E-state index in [-0.39, 0.29) is 17.2 Å². The zero-order valence-electron chi connectivity index (χ0n) is 15.0. The molecule has 0 saturated carbocycles. The molecule has 6 heteroatoms. The van der Waals surface area contributed by atoms with Crippen LogP contribution < -0.4 is 5.32 Å². The standard InChI is InChI=1S/C19H26N2O4/c1-19(2,3)12-20-16(22)13-7-9-14(10-8-13)17(23)21-11-5-4-6-15(21)18(24)25/h7-10,15H,4-6,11-12H2,1-3H3,(H,20,22)(H,24,25). The highest BCUT2D eigenvalue weighted by molar-refractivity contribution is 5.99. The molecule has 0 aromatic heterocycles. The van der Waals surface area contributed by atoms with Gasteiger partial charge in [-0.05, 0) is 48.9 Å². The second-order valence-electron chi connectivity index (χ2n) is 7.67. The van der Waals surface area contributed by atoms with Gasteiger partial charge in [0.05, 0.1) is 0 Å². The molecule has 2 amide bonds. The number of carboxylic acid groups (broad SMARTS) is 1. The maximum absolute atomic E-state index is 12.6. The average Bonchev–Trinajstić information content (AvgIpc) is 2.58. The summed E-state index contributed by atoms with van der Waals surface area (Å²) in [5.41, 5.74) is 0.876. The SMILES string of the molecule is CC(C)(C)CNC(=O)c1ccc(C(=O)N2CCCCC2C(=O)O)cc1. The summed E-state index contributed by atoms with van der Waals surface area (Å²) in [5.74, 6) is -1.45. The fraction of sp³-hybridized carbons (Fsp3) is 0.526. The molecule has 0 spiro atoms. The van der Waals surface area contributed by atoms with E-state index < -0.39 is 12.0 Å². The number of carboxylic acids is 1. The summed E-state index contributed by atoms with van der Waals surface area (Å²) < 4.78 is 0. The van der Waals surface area contributed by atoms with Crippen LogP contribution in [0, 0.1) is 5.41 Å². The van der Waals surface area contributed by atoms with Gasteiger partial charge in [-0.2, -0.15) is 0 Å². The van der Waals surface area contributed by atoms with Crippen molar-refractivity contribution in [1.82, 2.24) is 10.2 Å². The van der Waals surface area contributed by atoms with Gasteiger partial charge >= 0.3 is 5.97 Å². The summed E-state index contributed by atoms with van der Waals surface area (Å²) in [5, 5.41) is 12.2. The van der Waals surface area contributed by atoms with Gasteiger partial charge in [-0.3, -0.25) is 9.59 Å². The minimum atomic E-state index is -0.966. The first-order chi connectivity index (χ1) is 11.7. The predicted octanol–water partition coefficient (Wildman–Crippen LogP) is 2.54. The Labute approximate surface area is 148 Å². The molecule has 2 N–H and O–H groups in total. The lowest BCUT2D eigenvalue weighted by Crippen LogP contribution is -2.48. The van der Waals surface area contributed by atoms with Crippen LogP contribution in [0.3, 0.4) is 0 Å². The molecule has 0 radical (unpaired) electrons. The first kappa shape index (κ1) is 19.0. The van der Waals surface area contributed by atoms with Gasteiger partial charge in [0.1, 0.15) is 6.04 Å². The summed E-state index contributed by atoms with van der Waals surface area (Å²) in [4.78, 5) is 37.5. The Morgan fingerprint density at radius 2 is 1.72 bits per heavy atom. The normalized spacial score (nSPS) is 17.9. The molecule has 6 nitrogen and oxygen atoms in total. The number of hydrogen-bond donors (Lipinski definition) is 2. The smallest absolute Gasteiger partial charge is 0.326 e. The summed E-state index contributed by atoms with van der Waals surface area (Å²) in [6.45, 7) is 7.11. The van der Waals surface area contributed by atoms with E-state index in [1.54, 1.807) is 24.3 Å². The molecule has 1 unspecified atom stereocenters. The van der Waals surface area contributed by atoms with Crippen LogP contribution in [-0.2, 0) is 4.79 Å². The zero-order valence-corrected chi connectivity index (χ0v) is 15.0. The van der Waals surface area contributed by atoms with Crippen LogP contribution in [0.25, 0.3) is 0 Å². The highest BCUT2D eigenvalue weighted by Crippen LogP contribution is 2.20. The Morgan fingerprint density at radius 3 is 2.28 bits per heavy atom. The highest BCUT2D eigenvalue weighted by Gasteiger charge is 2.32. The van der Waals surface area contributed by atoms with Crippen molar-refractivity contribution in [2.75, 3.05) is 13.1 Å². The van der Waals surface area contributed by atoms with E-state index >= 15 is 0 Å². The Kier molecular flexibility index (Phi) is 5.82. The fourth-order valence-electron chi connectivity index (χ4n) is 2.81. The molecule has 1 saturated heterocycles. The molecule has 1 heterocycles. The Bertz CT molecular complexity index is 646. The Hall–Kier alpha value is -2.37. The maximum atomic E-state index is 12.6. The number of carbonyl (C=O) groups excluding carboxylic acids is 2. The molecule has 1 aromatic rings. The number of carbonyl (C=O) groups is 3. The van der Waals surface area contributed by atoms with Crippen LogP contribution in [0.5, 0.6) is 0 Å². The molecular formula is C19H26N2O4. The second kappa shape index (κ2) is 7.68. The minimum Gasteiger partial charge on any atom is -0.480 e. The highest BCUT2D eigenvalue weighted by atomic mass is 16.4. The van der Waals surface area contributed by atoms with Gasteiger partial charge in [0, 0.05) is 24.2 Å². The fourth-order valence-corrected chi connectivity index (χ4v) is 2.81. The van der Waals surface area contributed by atoms with Gasteiger partial charge in [0.15, 0.2) is 0 Å². The van der Waals surface area contributed by atoms with Crippen LogP contribution in [-0.4, -0.2) is 46.9 Å². The lowest BCUT2D eigenvalue weighted by molar-refractivity contribution is -0.143. The predicted molar refractivity (Wildman–Crippen MR) is 94.5 cm³/mol. The molecule has 1 fully saturated rings. The molecule has 1 aromatic carbocycles. The van der Waals surface area contributed by atoms with Gasteiger partial charge in [0.25, 0.3) is 11.8 Å². The van der Waals surface area contributed by atoms with Crippen LogP contribution in [0.2, 0.25) is 0 Å². The van der Waals surface area contributed by atoms with Crippen molar-refractivity contribution in [2.24, 2.45) is 5.41 Å². The van der Waals surface area contributed by atoms with Gasteiger partial charge < -0.3 is 15.3 Å². The number of benzene rings is 1. The molecule has 0 aliphatic carbocycles. The number of rotatable bonds is 4. The largest absolute Gasteiger partial charge is 0.480 e. The van der Waals surface area contributed by atoms with Crippen LogP contribution in [0.15, 0.2) is 24.3 Å². The first-order valence-electron chi connectivity index (χ1n) is 8.61.